The van der Waals surface area contributed by atoms with Gasteiger partial charge in [-0.15, -0.1) is 0 Å². The number of ether oxygens (including phenoxy) is 1. The molecule has 2 rings (SSSR count). The van der Waals surface area contributed by atoms with Crippen LogP contribution in [0, 0.1) is 5.82 Å². The van der Waals surface area contributed by atoms with Crippen LogP contribution in [-0.4, -0.2) is 18.6 Å². The van der Waals surface area contributed by atoms with E-state index in [1.54, 1.807) is 12.1 Å². The second kappa shape index (κ2) is 5.31. The van der Waals surface area contributed by atoms with Gasteiger partial charge >= 0.3 is 0 Å². The second-order valence-electron chi connectivity index (χ2n) is 4.44. The minimum absolute atomic E-state index is 0.287. The molecule has 0 saturated carbocycles. The molecule has 1 aliphatic rings. The fraction of sp³-hybridized carbons (Fsp3) is 0.250. The van der Waals surface area contributed by atoms with Crippen molar-refractivity contribution in [2.75, 3.05) is 13.7 Å². The molecule has 0 N–H and O–H groups in total. The summed E-state index contributed by atoms with van der Waals surface area (Å²) in [4.78, 5) is 2.01. The van der Waals surface area contributed by atoms with E-state index >= 15 is 0 Å². The van der Waals surface area contributed by atoms with E-state index in [0.717, 1.165) is 23.5 Å². The van der Waals surface area contributed by atoms with Gasteiger partial charge in [-0.1, -0.05) is 12.7 Å². The van der Waals surface area contributed by atoms with Gasteiger partial charge in [-0.05, 0) is 37.6 Å². The molecule has 0 aromatic heterocycles. The summed E-state index contributed by atoms with van der Waals surface area (Å²) in [6, 6.07) is 4.91. The van der Waals surface area contributed by atoms with Crippen LogP contribution in [0.25, 0.3) is 5.70 Å². The molecule has 1 aromatic carbocycles. The van der Waals surface area contributed by atoms with Crippen LogP contribution in [0.15, 0.2) is 48.2 Å². The minimum atomic E-state index is -0.287. The Morgan fingerprint density at radius 2 is 2.05 bits per heavy atom. The van der Waals surface area contributed by atoms with Gasteiger partial charge in [-0.25, -0.2) is 4.39 Å². The lowest BCUT2D eigenvalue weighted by Gasteiger charge is -2.31. The third kappa shape index (κ3) is 2.41. The summed E-state index contributed by atoms with van der Waals surface area (Å²) in [5.74, 6) is 0.232. The molecule has 0 bridgehead atoms. The van der Waals surface area contributed by atoms with Gasteiger partial charge in [0, 0.05) is 23.9 Å². The Hall–Kier alpha value is -2.03. The van der Waals surface area contributed by atoms with E-state index in [4.69, 9.17) is 4.74 Å². The van der Waals surface area contributed by atoms with Crippen molar-refractivity contribution >= 4 is 5.70 Å². The minimum Gasteiger partial charge on any atom is -0.497 e. The lowest BCUT2D eigenvalue weighted by atomic mass is 10.0. The lowest BCUT2D eigenvalue weighted by Crippen LogP contribution is -2.23. The first kappa shape index (κ1) is 13.4. The Kier molecular flexibility index (Phi) is 3.74. The van der Waals surface area contributed by atoms with Crippen LogP contribution in [0.2, 0.25) is 0 Å². The summed E-state index contributed by atoms with van der Waals surface area (Å²) in [6.45, 7) is 8.84. The molecule has 3 heteroatoms. The Bertz CT molecular complexity index is 572. The molecule has 0 radical (unpaired) electrons. The third-order valence-electron chi connectivity index (χ3n) is 3.33. The molecular formula is C16H18FNO. The Labute approximate surface area is 113 Å². The molecule has 0 saturated heterocycles. The number of hydrogen-bond donors (Lipinski definition) is 0. The predicted octanol–water partition coefficient (Wildman–Crippen LogP) is 3.97. The van der Waals surface area contributed by atoms with Gasteiger partial charge in [0.2, 0.25) is 0 Å². The molecule has 0 amide bonds. The molecule has 0 spiro atoms. The number of rotatable bonds is 3. The Morgan fingerprint density at radius 1 is 1.32 bits per heavy atom. The van der Waals surface area contributed by atoms with Gasteiger partial charge in [0.25, 0.3) is 0 Å². The maximum atomic E-state index is 14.2. The SMILES string of the molecule is C=C1C(C)=CC=C(c2ccc(OC)cc2F)N1CC. The number of benzene rings is 1. The Balaban J connectivity index is 2.48. The average Bonchev–Trinajstić information content (AvgIpc) is 2.42. The van der Waals surface area contributed by atoms with Crippen LogP contribution in [0.4, 0.5) is 4.39 Å². The van der Waals surface area contributed by atoms with E-state index in [9.17, 15) is 4.39 Å². The Morgan fingerprint density at radius 3 is 2.63 bits per heavy atom. The second-order valence-corrected chi connectivity index (χ2v) is 4.44. The molecule has 19 heavy (non-hydrogen) atoms. The molecule has 0 atom stereocenters. The third-order valence-corrected chi connectivity index (χ3v) is 3.33. The maximum absolute atomic E-state index is 14.2. The summed E-state index contributed by atoms with van der Waals surface area (Å²) in [5.41, 5.74) is 3.40. The van der Waals surface area contributed by atoms with Crippen molar-refractivity contribution < 1.29 is 9.13 Å². The number of hydrogen-bond acceptors (Lipinski definition) is 2. The molecule has 0 aliphatic carbocycles. The fourth-order valence-corrected chi connectivity index (χ4v) is 2.18. The summed E-state index contributed by atoms with van der Waals surface area (Å²) in [5, 5.41) is 0. The number of allylic oxidation sites excluding steroid dienone is 3. The van der Waals surface area contributed by atoms with Crippen molar-refractivity contribution in [3.05, 3.63) is 59.6 Å². The lowest BCUT2D eigenvalue weighted by molar-refractivity contribution is 0.411. The quantitative estimate of drug-likeness (QED) is 0.814. The molecular weight excluding hydrogens is 241 g/mol. The zero-order chi connectivity index (χ0) is 14.0. The monoisotopic (exact) mass is 259 g/mol. The van der Waals surface area contributed by atoms with Crippen molar-refractivity contribution in [2.45, 2.75) is 13.8 Å². The van der Waals surface area contributed by atoms with Gasteiger partial charge in [0.1, 0.15) is 11.6 Å². The molecule has 1 aliphatic heterocycles. The molecule has 0 unspecified atom stereocenters. The van der Waals surface area contributed by atoms with Crippen LogP contribution in [-0.2, 0) is 0 Å². The van der Waals surface area contributed by atoms with Crippen molar-refractivity contribution in [1.82, 2.24) is 4.90 Å². The van der Waals surface area contributed by atoms with E-state index in [0.29, 0.717) is 11.3 Å². The zero-order valence-corrected chi connectivity index (χ0v) is 11.5. The first-order valence-electron chi connectivity index (χ1n) is 6.27. The van der Waals surface area contributed by atoms with E-state index in [1.165, 1.54) is 13.2 Å². The van der Waals surface area contributed by atoms with E-state index in [1.807, 2.05) is 30.9 Å². The van der Waals surface area contributed by atoms with E-state index < -0.39 is 0 Å². The van der Waals surface area contributed by atoms with Crippen LogP contribution >= 0.6 is 0 Å². The number of halogens is 1. The van der Waals surface area contributed by atoms with Crippen LogP contribution < -0.4 is 4.74 Å². The van der Waals surface area contributed by atoms with Crippen molar-refractivity contribution in [1.29, 1.82) is 0 Å². The van der Waals surface area contributed by atoms with Crippen LogP contribution in [0.3, 0.4) is 0 Å². The largest absolute Gasteiger partial charge is 0.497 e. The van der Waals surface area contributed by atoms with Crippen molar-refractivity contribution in [3.63, 3.8) is 0 Å². The van der Waals surface area contributed by atoms with Gasteiger partial charge < -0.3 is 9.64 Å². The van der Waals surface area contributed by atoms with Crippen LogP contribution in [0.1, 0.15) is 19.4 Å². The first-order valence-corrected chi connectivity index (χ1v) is 6.27. The number of nitrogens with zero attached hydrogens (tertiary/aromatic N) is 1. The van der Waals surface area contributed by atoms with Gasteiger partial charge in [0.05, 0.1) is 12.8 Å². The normalized spacial score (nSPS) is 15.2. The maximum Gasteiger partial charge on any atom is 0.136 e. The predicted molar refractivity (Wildman–Crippen MR) is 76.2 cm³/mol. The molecule has 0 fully saturated rings. The zero-order valence-electron chi connectivity index (χ0n) is 11.5. The first-order chi connectivity index (χ1) is 9.08. The highest BCUT2D eigenvalue weighted by atomic mass is 19.1. The van der Waals surface area contributed by atoms with Crippen molar-refractivity contribution in [2.24, 2.45) is 0 Å². The highest BCUT2D eigenvalue weighted by molar-refractivity contribution is 5.71. The van der Waals surface area contributed by atoms with Crippen molar-refractivity contribution in [3.8, 4) is 5.75 Å². The number of methoxy groups -OCH3 is 1. The van der Waals surface area contributed by atoms with Gasteiger partial charge in [-0.3, -0.25) is 0 Å². The average molecular weight is 259 g/mol. The highest BCUT2D eigenvalue weighted by Gasteiger charge is 2.20. The summed E-state index contributed by atoms with van der Waals surface area (Å²) >= 11 is 0. The number of likely N-dealkylation sites (N-methyl/N-ethyl adjacent to an activating group) is 1. The highest BCUT2D eigenvalue weighted by Crippen LogP contribution is 2.32. The smallest absolute Gasteiger partial charge is 0.136 e. The van der Waals surface area contributed by atoms with E-state index in [2.05, 4.69) is 6.58 Å². The van der Waals surface area contributed by atoms with Gasteiger partial charge in [-0.2, -0.15) is 0 Å². The summed E-state index contributed by atoms with van der Waals surface area (Å²) in [6.07, 6.45) is 3.89. The van der Waals surface area contributed by atoms with Gasteiger partial charge in [0.15, 0.2) is 0 Å². The molecule has 2 nitrogen and oxygen atoms in total. The molecule has 1 heterocycles. The summed E-state index contributed by atoms with van der Waals surface area (Å²) < 4.78 is 19.2. The standard InChI is InChI=1S/C16H18FNO/c1-5-18-12(3)11(2)6-9-16(18)14-8-7-13(19-4)10-15(14)17/h6-10H,3,5H2,1-2,4H3. The summed E-state index contributed by atoms with van der Waals surface area (Å²) in [7, 11) is 1.53. The van der Waals surface area contributed by atoms with E-state index in [-0.39, 0.29) is 5.82 Å². The van der Waals surface area contributed by atoms with Crippen LogP contribution in [0.5, 0.6) is 5.75 Å². The topological polar surface area (TPSA) is 12.5 Å². The molecule has 1 aromatic rings. The fourth-order valence-electron chi connectivity index (χ4n) is 2.18. The molecule has 100 valence electrons.